The van der Waals surface area contributed by atoms with Crippen LogP contribution in [0.1, 0.15) is 9.75 Å². The number of barbiturate groups is 1. The van der Waals surface area contributed by atoms with E-state index in [-0.39, 0.29) is 5.57 Å². The Morgan fingerprint density at radius 1 is 1.09 bits per heavy atom. The molecule has 1 N–H and O–H groups in total. The molecule has 1 aliphatic rings. The second kappa shape index (κ2) is 6.10. The molecular weight excluding hydrogens is 380 g/mol. The zero-order valence-electron chi connectivity index (χ0n) is 12.0. The van der Waals surface area contributed by atoms with Crippen LogP contribution in [-0.2, 0) is 9.59 Å². The van der Waals surface area contributed by atoms with Crippen LogP contribution < -0.4 is 10.2 Å². The summed E-state index contributed by atoms with van der Waals surface area (Å²) < 4.78 is 0.826. The predicted octanol–water partition coefficient (Wildman–Crippen LogP) is 3.49. The van der Waals surface area contributed by atoms with Gasteiger partial charge in [0.05, 0.1) is 5.69 Å². The number of anilines is 1. The highest BCUT2D eigenvalue weighted by atomic mass is 79.9. The lowest BCUT2D eigenvalue weighted by Crippen LogP contribution is -2.54. The van der Waals surface area contributed by atoms with Crippen molar-refractivity contribution in [1.82, 2.24) is 5.32 Å². The Morgan fingerprint density at radius 2 is 1.78 bits per heavy atom. The van der Waals surface area contributed by atoms with E-state index in [4.69, 9.17) is 0 Å². The van der Waals surface area contributed by atoms with Crippen LogP contribution >= 0.6 is 27.3 Å². The molecule has 3 rings (SSSR count). The number of nitrogens with zero attached hydrogens (tertiary/aromatic N) is 1. The quantitative estimate of drug-likeness (QED) is 0.630. The number of amides is 4. The minimum Gasteiger partial charge on any atom is -0.273 e. The number of benzene rings is 1. The van der Waals surface area contributed by atoms with Crippen LogP contribution in [0.15, 0.2) is 46.4 Å². The van der Waals surface area contributed by atoms with Crippen LogP contribution in [0.5, 0.6) is 0 Å². The first-order valence-corrected chi connectivity index (χ1v) is 8.30. The monoisotopic (exact) mass is 390 g/mol. The molecule has 0 spiro atoms. The topological polar surface area (TPSA) is 66.5 Å². The van der Waals surface area contributed by atoms with Crippen molar-refractivity contribution in [3.63, 3.8) is 0 Å². The minimum atomic E-state index is -0.748. The molecule has 4 amide bonds. The van der Waals surface area contributed by atoms with Gasteiger partial charge in [-0.3, -0.25) is 14.9 Å². The molecule has 1 aliphatic heterocycles. The molecule has 23 heavy (non-hydrogen) atoms. The molecule has 0 atom stereocenters. The number of thiophene rings is 1. The molecular formula is C16H11BrN2O3S. The zero-order valence-corrected chi connectivity index (χ0v) is 14.4. The van der Waals surface area contributed by atoms with Crippen LogP contribution in [0.25, 0.3) is 6.08 Å². The molecule has 0 radical (unpaired) electrons. The van der Waals surface area contributed by atoms with Crippen LogP contribution in [-0.4, -0.2) is 17.8 Å². The Labute approximate surface area is 144 Å². The van der Waals surface area contributed by atoms with E-state index in [2.05, 4.69) is 21.2 Å². The van der Waals surface area contributed by atoms with Crippen molar-refractivity contribution in [2.45, 2.75) is 6.92 Å². The van der Waals surface area contributed by atoms with E-state index in [1.165, 1.54) is 17.4 Å². The maximum absolute atomic E-state index is 12.6. The van der Waals surface area contributed by atoms with Crippen molar-refractivity contribution in [3.05, 3.63) is 56.2 Å². The van der Waals surface area contributed by atoms with Gasteiger partial charge in [0.2, 0.25) is 0 Å². The van der Waals surface area contributed by atoms with Gasteiger partial charge in [-0.1, -0.05) is 15.9 Å². The average molecular weight is 391 g/mol. The fraction of sp³-hybridized carbons (Fsp3) is 0.0625. The molecule has 1 saturated heterocycles. The molecule has 116 valence electrons. The van der Waals surface area contributed by atoms with Gasteiger partial charge in [0, 0.05) is 14.2 Å². The van der Waals surface area contributed by atoms with Gasteiger partial charge in [0.1, 0.15) is 5.57 Å². The summed E-state index contributed by atoms with van der Waals surface area (Å²) in [6, 6.07) is 9.68. The number of carbonyl (C=O) groups is 3. The Hall–Kier alpha value is -2.25. The first kappa shape index (κ1) is 15.6. The van der Waals surface area contributed by atoms with Crippen LogP contribution in [0.4, 0.5) is 10.5 Å². The summed E-state index contributed by atoms with van der Waals surface area (Å²) in [5.41, 5.74) is 0.339. The smallest absolute Gasteiger partial charge is 0.273 e. The number of imide groups is 2. The molecule has 7 heteroatoms. The van der Waals surface area contributed by atoms with Crippen molar-refractivity contribution >= 4 is 56.9 Å². The van der Waals surface area contributed by atoms with Gasteiger partial charge in [-0.15, -0.1) is 11.3 Å². The number of hydrogen-bond acceptors (Lipinski definition) is 4. The van der Waals surface area contributed by atoms with Gasteiger partial charge in [-0.25, -0.2) is 9.69 Å². The van der Waals surface area contributed by atoms with Crippen molar-refractivity contribution < 1.29 is 14.4 Å². The molecule has 1 fully saturated rings. The number of rotatable bonds is 2. The third-order valence-electron chi connectivity index (χ3n) is 3.23. The normalized spacial score (nSPS) is 16.9. The number of urea groups is 1. The molecule has 2 heterocycles. The van der Waals surface area contributed by atoms with Gasteiger partial charge in [0.25, 0.3) is 11.8 Å². The highest BCUT2D eigenvalue weighted by Gasteiger charge is 2.36. The second-order valence-electron chi connectivity index (χ2n) is 4.88. The number of halogens is 1. The standard InChI is InChI=1S/C16H11BrN2O3S/c1-9-2-7-12(23-9)8-13-14(20)18-16(22)19(15(13)21)11-5-3-10(17)4-6-11/h2-8H,1H3,(H,18,20,22)/b13-8+. The van der Waals surface area contributed by atoms with E-state index < -0.39 is 17.8 Å². The van der Waals surface area contributed by atoms with E-state index in [0.717, 1.165) is 19.1 Å². The third-order valence-corrected chi connectivity index (χ3v) is 4.71. The minimum absolute atomic E-state index is 0.0608. The summed E-state index contributed by atoms with van der Waals surface area (Å²) >= 11 is 4.77. The van der Waals surface area contributed by atoms with Crippen LogP contribution in [0.3, 0.4) is 0 Å². The number of nitrogens with one attached hydrogen (secondary N) is 1. The Morgan fingerprint density at radius 3 is 2.39 bits per heavy atom. The van der Waals surface area contributed by atoms with E-state index in [1.807, 2.05) is 19.1 Å². The van der Waals surface area contributed by atoms with Crippen molar-refractivity contribution in [3.8, 4) is 0 Å². The zero-order chi connectivity index (χ0) is 16.6. The summed E-state index contributed by atoms with van der Waals surface area (Å²) in [5, 5.41) is 2.20. The van der Waals surface area contributed by atoms with Crippen molar-refractivity contribution in [2.24, 2.45) is 0 Å². The first-order chi connectivity index (χ1) is 11.0. The highest BCUT2D eigenvalue weighted by molar-refractivity contribution is 9.10. The van der Waals surface area contributed by atoms with Crippen molar-refractivity contribution in [1.29, 1.82) is 0 Å². The largest absolute Gasteiger partial charge is 0.335 e. The van der Waals surface area contributed by atoms with Gasteiger partial charge in [0.15, 0.2) is 0 Å². The molecule has 2 aromatic rings. The molecule has 0 bridgehead atoms. The van der Waals surface area contributed by atoms with E-state index in [1.54, 1.807) is 24.3 Å². The second-order valence-corrected chi connectivity index (χ2v) is 7.12. The van der Waals surface area contributed by atoms with Gasteiger partial charge >= 0.3 is 6.03 Å². The maximum Gasteiger partial charge on any atom is 0.335 e. The Bertz CT molecular complexity index is 839. The summed E-state index contributed by atoms with van der Waals surface area (Å²) in [6.45, 7) is 1.94. The number of carbonyl (C=O) groups excluding carboxylic acids is 3. The van der Waals surface area contributed by atoms with Crippen LogP contribution in [0, 0.1) is 6.92 Å². The maximum atomic E-state index is 12.6. The van der Waals surface area contributed by atoms with Gasteiger partial charge in [-0.2, -0.15) is 0 Å². The fourth-order valence-corrected chi connectivity index (χ4v) is 3.24. The van der Waals surface area contributed by atoms with E-state index in [0.29, 0.717) is 5.69 Å². The summed E-state index contributed by atoms with van der Waals surface area (Å²) in [6.07, 6.45) is 1.51. The van der Waals surface area contributed by atoms with E-state index >= 15 is 0 Å². The number of aryl methyl sites for hydroxylation is 1. The molecule has 0 unspecified atom stereocenters. The Balaban J connectivity index is 2.00. The van der Waals surface area contributed by atoms with E-state index in [9.17, 15) is 14.4 Å². The lowest BCUT2D eigenvalue weighted by molar-refractivity contribution is -0.122. The molecule has 5 nitrogen and oxygen atoms in total. The Kier molecular flexibility index (Phi) is 4.14. The SMILES string of the molecule is Cc1ccc(/C=C2\C(=O)NC(=O)N(c3ccc(Br)cc3)C2=O)s1. The molecule has 0 aliphatic carbocycles. The predicted molar refractivity (Wildman–Crippen MR) is 92.2 cm³/mol. The highest BCUT2D eigenvalue weighted by Crippen LogP contribution is 2.25. The third kappa shape index (κ3) is 3.11. The lowest BCUT2D eigenvalue weighted by atomic mass is 10.1. The van der Waals surface area contributed by atoms with Crippen molar-refractivity contribution in [2.75, 3.05) is 4.90 Å². The summed E-state index contributed by atoms with van der Waals surface area (Å²) in [7, 11) is 0. The van der Waals surface area contributed by atoms with Gasteiger partial charge in [-0.05, 0) is 49.4 Å². The fourth-order valence-electron chi connectivity index (χ4n) is 2.16. The summed E-state index contributed by atoms with van der Waals surface area (Å²) in [5.74, 6) is -1.31. The van der Waals surface area contributed by atoms with Crippen LogP contribution in [0.2, 0.25) is 0 Å². The molecule has 0 saturated carbocycles. The molecule has 1 aromatic heterocycles. The average Bonchev–Trinajstić information content (AvgIpc) is 2.91. The lowest BCUT2D eigenvalue weighted by Gasteiger charge is -2.26. The number of hydrogen-bond donors (Lipinski definition) is 1. The summed E-state index contributed by atoms with van der Waals surface area (Å²) in [4.78, 5) is 39.5. The first-order valence-electron chi connectivity index (χ1n) is 6.69. The molecule has 1 aromatic carbocycles. The van der Waals surface area contributed by atoms with Gasteiger partial charge < -0.3 is 0 Å².